The summed E-state index contributed by atoms with van der Waals surface area (Å²) in [7, 11) is -3.93. The monoisotopic (exact) mass is 509 g/mol. The number of alkyl halides is 3. The van der Waals surface area contributed by atoms with Gasteiger partial charge in [-0.25, -0.2) is 8.42 Å². The van der Waals surface area contributed by atoms with Gasteiger partial charge in [0.25, 0.3) is 0 Å². The highest BCUT2D eigenvalue weighted by molar-refractivity contribution is 7.91. The fourth-order valence-electron chi connectivity index (χ4n) is 7.74. The molecule has 190 valence electrons. The lowest BCUT2D eigenvalue weighted by molar-refractivity contribution is -0.137. The van der Waals surface area contributed by atoms with Crippen LogP contribution in [-0.2, 0) is 20.8 Å². The summed E-state index contributed by atoms with van der Waals surface area (Å²) in [6.45, 7) is 0.699. The van der Waals surface area contributed by atoms with E-state index in [0.717, 1.165) is 56.7 Å². The van der Waals surface area contributed by atoms with E-state index in [1.807, 2.05) is 0 Å². The number of nitrogens with zero attached hydrogens (tertiary/aromatic N) is 2. The Balaban J connectivity index is 1.34. The Kier molecular flexibility index (Phi) is 5.95. The van der Waals surface area contributed by atoms with E-state index in [2.05, 4.69) is 11.4 Å². The molecule has 1 aromatic rings. The van der Waals surface area contributed by atoms with E-state index in [-0.39, 0.29) is 34.7 Å². The Morgan fingerprint density at radius 1 is 1.20 bits per heavy atom. The second kappa shape index (κ2) is 8.48. The van der Waals surface area contributed by atoms with E-state index in [0.29, 0.717) is 31.2 Å². The van der Waals surface area contributed by atoms with Crippen molar-refractivity contribution in [2.75, 3.05) is 18.8 Å². The van der Waals surface area contributed by atoms with Crippen LogP contribution in [0.2, 0.25) is 0 Å². The molecule has 1 amide bonds. The van der Waals surface area contributed by atoms with Crippen molar-refractivity contribution in [3.63, 3.8) is 0 Å². The van der Waals surface area contributed by atoms with Crippen LogP contribution in [-0.4, -0.2) is 49.6 Å². The van der Waals surface area contributed by atoms with E-state index in [4.69, 9.17) is 0 Å². The topological polar surface area (TPSA) is 90.3 Å². The minimum Gasteiger partial charge on any atom is -0.326 e. The maximum Gasteiger partial charge on any atom is 0.416 e. The van der Waals surface area contributed by atoms with E-state index >= 15 is 0 Å². The van der Waals surface area contributed by atoms with Crippen LogP contribution >= 0.6 is 0 Å². The van der Waals surface area contributed by atoms with Crippen LogP contribution in [0, 0.1) is 28.6 Å². The molecule has 5 fully saturated rings. The van der Waals surface area contributed by atoms with Crippen molar-refractivity contribution >= 4 is 15.7 Å². The zero-order valence-corrected chi connectivity index (χ0v) is 20.3. The van der Waals surface area contributed by atoms with Crippen molar-refractivity contribution < 1.29 is 26.4 Å². The van der Waals surface area contributed by atoms with Crippen molar-refractivity contribution in [3.05, 3.63) is 29.8 Å². The summed E-state index contributed by atoms with van der Waals surface area (Å²) in [6.07, 6.45) is 1.79. The van der Waals surface area contributed by atoms with Gasteiger partial charge in [0.2, 0.25) is 5.91 Å². The Morgan fingerprint density at radius 3 is 2.57 bits per heavy atom. The summed E-state index contributed by atoms with van der Waals surface area (Å²) in [5.41, 5.74) is -1.81. The molecule has 6 rings (SSSR count). The van der Waals surface area contributed by atoms with E-state index in [1.54, 1.807) is 4.90 Å². The van der Waals surface area contributed by atoms with E-state index < -0.39 is 27.0 Å². The van der Waals surface area contributed by atoms with Gasteiger partial charge in [-0.05, 0) is 86.8 Å². The molecule has 0 radical (unpaired) electrons. The van der Waals surface area contributed by atoms with Gasteiger partial charge in [-0.3, -0.25) is 4.79 Å². The number of carbonyl (C=O) groups is 1. The maximum atomic E-state index is 13.3. The summed E-state index contributed by atoms with van der Waals surface area (Å²) in [5, 5.41) is 12.8. The highest BCUT2D eigenvalue weighted by Crippen LogP contribution is 2.62. The molecule has 6 nitrogen and oxygen atoms in total. The lowest BCUT2D eigenvalue weighted by atomic mass is 9.47. The van der Waals surface area contributed by atoms with Crippen LogP contribution in [0.15, 0.2) is 29.2 Å². The number of sulfone groups is 1. The van der Waals surface area contributed by atoms with Crippen molar-refractivity contribution in [2.24, 2.45) is 17.3 Å². The molecule has 1 N–H and O–H groups in total. The number of benzene rings is 1. The minimum absolute atomic E-state index is 0.101. The highest BCUT2D eigenvalue weighted by atomic mass is 32.2. The zero-order valence-electron chi connectivity index (χ0n) is 19.5. The van der Waals surface area contributed by atoms with E-state index in [1.165, 1.54) is 6.07 Å². The van der Waals surface area contributed by atoms with Crippen LogP contribution in [0.4, 0.5) is 13.2 Å². The third kappa shape index (κ3) is 4.69. The molecule has 1 aromatic carbocycles. The zero-order chi connectivity index (χ0) is 25.1. The first kappa shape index (κ1) is 24.6. The van der Waals surface area contributed by atoms with Crippen molar-refractivity contribution in [3.8, 4) is 6.07 Å². The molecular formula is C25H30F3N3O3S. The molecule has 10 heteroatoms. The van der Waals surface area contributed by atoms with Crippen LogP contribution in [0.1, 0.15) is 56.9 Å². The number of nitrogens with one attached hydrogen (secondary N) is 1. The number of amides is 1. The van der Waals surface area contributed by atoms with Gasteiger partial charge in [0.05, 0.1) is 28.8 Å². The summed E-state index contributed by atoms with van der Waals surface area (Å²) >= 11 is 0. The van der Waals surface area contributed by atoms with Crippen molar-refractivity contribution in [2.45, 2.75) is 74.0 Å². The Morgan fingerprint density at radius 2 is 1.91 bits per heavy atom. The first-order chi connectivity index (χ1) is 16.4. The third-order valence-electron chi connectivity index (χ3n) is 8.54. The molecule has 0 spiro atoms. The van der Waals surface area contributed by atoms with Crippen LogP contribution < -0.4 is 5.32 Å². The quantitative estimate of drug-likeness (QED) is 0.628. The molecule has 0 aromatic heterocycles. The summed E-state index contributed by atoms with van der Waals surface area (Å²) in [6, 6.07) is 5.83. The number of halogens is 3. The van der Waals surface area contributed by atoms with Gasteiger partial charge in [0.1, 0.15) is 6.04 Å². The number of likely N-dealkylation sites (tertiary alicyclic amines) is 1. The standard InChI is InChI=1S/C25H30F3N3O3S/c26-25(27,28)19-3-1-5-21(8-19)35(33,34)16-23-9-17-7-18(10-23)12-24(11-17,15-23)30-14-22(32)31-6-2-4-20(31)13-29/h1,3,5,8,17-18,20,30H,2,4,6-7,9-12,14-16H2/t17?,18?,20-,23?,24?/m0/s1. The van der Waals surface area contributed by atoms with Gasteiger partial charge in [-0.1, -0.05) is 6.07 Å². The smallest absolute Gasteiger partial charge is 0.326 e. The summed E-state index contributed by atoms with van der Waals surface area (Å²) in [5.74, 6) is 0.410. The molecule has 4 bridgehead atoms. The summed E-state index contributed by atoms with van der Waals surface area (Å²) in [4.78, 5) is 14.2. The molecule has 5 aliphatic rings. The van der Waals surface area contributed by atoms with Gasteiger partial charge >= 0.3 is 6.18 Å². The third-order valence-corrected chi connectivity index (χ3v) is 10.5. The van der Waals surface area contributed by atoms with Crippen molar-refractivity contribution in [1.82, 2.24) is 10.2 Å². The lowest BCUT2D eigenvalue weighted by Gasteiger charge is -2.62. The van der Waals surface area contributed by atoms with Crippen molar-refractivity contribution in [1.29, 1.82) is 5.26 Å². The van der Waals surface area contributed by atoms with Crippen LogP contribution in [0.25, 0.3) is 0 Å². The molecule has 3 atom stereocenters. The van der Waals surface area contributed by atoms with Crippen LogP contribution in [0.3, 0.4) is 0 Å². The molecule has 35 heavy (non-hydrogen) atoms. The second-order valence-corrected chi connectivity index (χ2v) is 13.2. The fraction of sp³-hybridized carbons (Fsp3) is 0.680. The Hall–Kier alpha value is -2.12. The maximum absolute atomic E-state index is 13.3. The van der Waals surface area contributed by atoms with Gasteiger partial charge in [0.15, 0.2) is 9.84 Å². The number of hydrogen-bond acceptors (Lipinski definition) is 5. The largest absolute Gasteiger partial charge is 0.416 e. The normalized spacial score (nSPS) is 34.2. The van der Waals surface area contributed by atoms with Gasteiger partial charge < -0.3 is 10.2 Å². The number of rotatable bonds is 6. The first-order valence-electron chi connectivity index (χ1n) is 12.3. The summed E-state index contributed by atoms with van der Waals surface area (Å²) < 4.78 is 66.2. The predicted molar refractivity (Wildman–Crippen MR) is 122 cm³/mol. The average Bonchev–Trinajstić information content (AvgIpc) is 3.24. The predicted octanol–water partition coefficient (Wildman–Crippen LogP) is 3.92. The molecule has 1 heterocycles. The molecule has 1 aliphatic heterocycles. The molecule has 1 saturated heterocycles. The van der Waals surface area contributed by atoms with Gasteiger partial charge in [0, 0.05) is 12.1 Å². The van der Waals surface area contributed by atoms with Gasteiger partial charge in [-0.15, -0.1) is 0 Å². The highest BCUT2D eigenvalue weighted by Gasteiger charge is 2.58. The number of hydrogen-bond donors (Lipinski definition) is 1. The van der Waals surface area contributed by atoms with E-state index in [9.17, 15) is 31.6 Å². The Labute approximate surface area is 203 Å². The van der Waals surface area contributed by atoms with Crippen LogP contribution in [0.5, 0.6) is 0 Å². The van der Waals surface area contributed by atoms with Gasteiger partial charge in [-0.2, -0.15) is 18.4 Å². The average molecular weight is 510 g/mol. The molecule has 4 saturated carbocycles. The molecular weight excluding hydrogens is 479 g/mol. The number of carbonyl (C=O) groups excluding carboxylic acids is 1. The lowest BCUT2D eigenvalue weighted by Crippen LogP contribution is -2.64. The molecule has 4 aliphatic carbocycles. The Bertz CT molecular complexity index is 1150. The number of nitriles is 1. The first-order valence-corrected chi connectivity index (χ1v) is 13.9. The molecule has 2 unspecified atom stereocenters. The SMILES string of the molecule is N#C[C@@H]1CCCN1C(=O)CNC12CC3CC(CC(CS(=O)(=O)c4cccc(C(F)(F)F)c4)(C3)C1)C2. The second-order valence-electron chi connectivity index (χ2n) is 11.3. The minimum atomic E-state index is -4.60. The fourth-order valence-corrected chi connectivity index (χ4v) is 9.65.